The highest BCUT2D eigenvalue weighted by molar-refractivity contribution is 5.92. The van der Waals surface area contributed by atoms with E-state index in [1.807, 2.05) is 12.1 Å². The summed E-state index contributed by atoms with van der Waals surface area (Å²) in [6.45, 7) is 2.43. The number of carbonyl (C=O) groups excluding carboxylic acids is 3. The molecule has 7 nitrogen and oxygen atoms in total. The van der Waals surface area contributed by atoms with E-state index in [0.717, 1.165) is 5.69 Å². The van der Waals surface area contributed by atoms with Gasteiger partial charge < -0.3 is 16.0 Å². The number of nitrogens with one attached hydrogen (secondary N) is 1. The summed E-state index contributed by atoms with van der Waals surface area (Å²) in [7, 11) is 0. The number of aromatic nitrogens is 1. The van der Waals surface area contributed by atoms with Crippen molar-refractivity contribution in [3.8, 4) is 0 Å². The number of nitrogens with zero attached hydrogens (tertiary/aromatic N) is 2. The molecule has 1 fully saturated rings. The molecule has 2 heterocycles. The van der Waals surface area contributed by atoms with Crippen molar-refractivity contribution in [2.45, 2.75) is 26.3 Å². The molecule has 1 aromatic rings. The quantitative estimate of drug-likeness (QED) is 0.760. The number of nitrogens with two attached hydrogens (primary N) is 1. The fourth-order valence-corrected chi connectivity index (χ4v) is 2.58. The number of carbonyl (C=O) groups is 3. The minimum atomic E-state index is -0.774. The minimum absolute atomic E-state index is 0.0912. The summed E-state index contributed by atoms with van der Waals surface area (Å²) < 4.78 is 0. The highest BCUT2D eigenvalue weighted by atomic mass is 16.2. The molecule has 0 saturated carbocycles. The second-order valence-electron chi connectivity index (χ2n) is 5.78. The van der Waals surface area contributed by atoms with Crippen molar-refractivity contribution in [2.75, 3.05) is 13.1 Å². The average Bonchev–Trinajstić information content (AvgIpc) is 2.74. The minimum Gasteiger partial charge on any atom is -0.368 e. The lowest BCUT2D eigenvalue weighted by Crippen LogP contribution is -2.40. The van der Waals surface area contributed by atoms with E-state index in [9.17, 15) is 14.4 Å². The third-order valence-electron chi connectivity index (χ3n) is 3.83. The van der Waals surface area contributed by atoms with Gasteiger partial charge in [0.25, 0.3) is 0 Å². The van der Waals surface area contributed by atoms with Crippen LogP contribution in [-0.2, 0) is 20.9 Å². The molecule has 118 valence electrons. The number of primary amides is 1. The maximum atomic E-state index is 12.3. The normalized spacial score (nSPS) is 21.0. The molecule has 1 atom stereocenters. The van der Waals surface area contributed by atoms with Crippen LogP contribution >= 0.6 is 0 Å². The predicted molar refractivity (Wildman–Crippen MR) is 79.2 cm³/mol. The molecule has 0 aliphatic carbocycles. The number of hydrogen-bond acceptors (Lipinski definition) is 4. The van der Waals surface area contributed by atoms with E-state index in [1.54, 1.807) is 19.2 Å². The molecule has 7 heteroatoms. The Kier molecular flexibility index (Phi) is 4.75. The molecule has 3 amide bonds. The van der Waals surface area contributed by atoms with Gasteiger partial charge in [-0.2, -0.15) is 0 Å². The number of pyridine rings is 1. The first-order chi connectivity index (χ1) is 10.4. The van der Waals surface area contributed by atoms with Crippen molar-refractivity contribution in [3.05, 3.63) is 30.1 Å². The van der Waals surface area contributed by atoms with Crippen LogP contribution in [-0.4, -0.2) is 40.7 Å². The number of amides is 3. The van der Waals surface area contributed by atoms with Gasteiger partial charge in [-0.05, 0) is 18.6 Å². The van der Waals surface area contributed by atoms with E-state index in [2.05, 4.69) is 10.3 Å². The van der Waals surface area contributed by atoms with Crippen molar-refractivity contribution in [1.82, 2.24) is 15.2 Å². The first kappa shape index (κ1) is 15.9. The van der Waals surface area contributed by atoms with Gasteiger partial charge in [-0.1, -0.05) is 13.0 Å². The molecule has 0 aromatic carbocycles. The molecule has 1 aromatic heterocycles. The summed E-state index contributed by atoms with van der Waals surface area (Å²) >= 11 is 0. The van der Waals surface area contributed by atoms with Crippen LogP contribution < -0.4 is 11.1 Å². The van der Waals surface area contributed by atoms with Gasteiger partial charge in [0.05, 0.1) is 24.2 Å². The highest BCUT2D eigenvalue weighted by Gasteiger charge is 2.44. The first-order valence-corrected chi connectivity index (χ1v) is 7.15. The molecular weight excluding hydrogens is 284 g/mol. The van der Waals surface area contributed by atoms with Crippen molar-refractivity contribution in [1.29, 1.82) is 0 Å². The Morgan fingerprint density at radius 3 is 2.86 bits per heavy atom. The summed E-state index contributed by atoms with van der Waals surface area (Å²) in [6, 6.07) is 5.46. The second-order valence-corrected chi connectivity index (χ2v) is 5.78. The Labute approximate surface area is 128 Å². The Morgan fingerprint density at radius 1 is 1.45 bits per heavy atom. The van der Waals surface area contributed by atoms with E-state index in [-0.39, 0.29) is 24.8 Å². The van der Waals surface area contributed by atoms with Crippen LogP contribution in [0.25, 0.3) is 0 Å². The first-order valence-electron chi connectivity index (χ1n) is 7.15. The van der Waals surface area contributed by atoms with Gasteiger partial charge >= 0.3 is 0 Å². The predicted octanol–water partition coefficient (Wildman–Crippen LogP) is -0.188. The summed E-state index contributed by atoms with van der Waals surface area (Å²) in [5.41, 5.74) is 5.10. The van der Waals surface area contributed by atoms with Gasteiger partial charge in [-0.15, -0.1) is 0 Å². The Balaban J connectivity index is 1.88. The van der Waals surface area contributed by atoms with Crippen LogP contribution in [0.3, 0.4) is 0 Å². The molecule has 0 bridgehead atoms. The SMILES string of the molecule is CC1(CC(=O)NCc2ccccn2)CCN(CC(N)=O)C1=O. The molecule has 22 heavy (non-hydrogen) atoms. The fraction of sp³-hybridized carbons (Fsp3) is 0.467. The van der Waals surface area contributed by atoms with Crippen molar-refractivity contribution < 1.29 is 14.4 Å². The topological polar surface area (TPSA) is 105 Å². The van der Waals surface area contributed by atoms with Crippen molar-refractivity contribution >= 4 is 17.7 Å². The third-order valence-corrected chi connectivity index (χ3v) is 3.83. The van der Waals surface area contributed by atoms with Crippen LogP contribution in [0.1, 0.15) is 25.5 Å². The van der Waals surface area contributed by atoms with Gasteiger partial charge in [-0.3, -0.25) is 19.4 Å². The molecule has 1 unspecified atom stereocenters. The zero-order valence-corrected chi connectivity index (χ0v) is 12.5. The molecule has 1 aliphatic heterocycles. The lowest BCUT2D eigenvalue weighted by molar-refractivity contribution is -0.140. The summed E-state index contributed by atoms with van der Waals surface area (Å²) in [5, 5.41) is 2.76. The van der Waals surface area contributed by atoms with Crippen LogP contribution in [0.2, 0.25) is 0 Å². The van der Waals surface area contributed by atoms with Crippen LogP contribution in [0, 0.1) is 5.41 Å². The van der Waals surface area contributed by atoms with E-state index < -0.39 is 11.3 Å². The zero-order valence-electron chi connectivity index (χ0n) is 12.5. The Bertz CT molecular complexity index is 575. The van der Waals surface area contributed by atoms with E-state index >= 15 is 0 Å². The standard InChI is InChI=1S/C15H20N4O3/c1-15(5-7-19(14(15)22)10-12(16)20)8-13(21)18-9-11-4-2-3-6-17-11/h2-4,6H,5,7-10H2,1H3,(H2,16,20)(H,18,21). The van der Waals surface area contributed by atoms with Crippen molar-refractivity contribution in [2.24, 2.45) is 11.1 Å². The summed E-state index contributed by atoms with van der Waals surface area (Å²) in [6.07, 6.45) is 2.29. The number of likely N-dealkylation sites (tertiary alicyclic amines) is 1. The van der Waals surface area contributed by atoms with Gasteiger partial charge in [0, 0.05) is 19.2 Å². The highest BCUT2D eigenvalue weighted by Crippen LogP contribution is 2.34. The van der Waals surface area contributed by atoms with Crippen LogP contribution in [0.15, 0.2) is 24.4 Å². The zero-order chi connectivity index (χ0) is 16.2. The van der Waals surface area contributed by atoms with Gasteiger partial charge in [0.2, 0.25) is 17.7 Å². The molecule has 0 radical (unpaired) electrons. The van der Waals surface area contributed by atoms with Crippen LogP contribution in [0.4, 0.5) is 0 Å². The summed E-state index contributed by atoms with van der Waals surface area (Å²) in [5.74, 6) is -0.945. The second kappa shape index (κ2) is 6.55. The third kappa shape index (κ3) is 3.81. The number of rotatable bonds is 6. The molecule has 1 saturated heterocycles. The van der Waals surface area contributed by atoms with Crippen molar-refractivity contribution in [3.63, 3.8) is 0 Å². The lowest BCUT2D eigenvalue weighted by atomic mass is 9.85. The van der Waals surface area contributed by atoms with Crippen LogP contribution in [0.5, 0.6) is 0 Å². The Morgan fingerprint density at radius 2 is 2.23 bits per heavy atom. The van der Waals surface area contributed by atoms with E-state index in [4.69, 9.17) is 5.73 Å². The largest absolute Gasteiger partial charge is 0.368 e. The summed E-state index contributed by atoms with van der Waals surface area (Å²) in [4.78, 5) is 40.8. The van der Waals surface area contributed by atoms with Gasteiger partial charge in [0.15, 0.2) is 0 Å². The molecule has 3 N–H and O–H groups in total. The maximum Gasteiger partial charge on any atom is 0.237 e. The smallest absolute Gasteiger partial charge is 0.237 e. The van der Waals surface area contributed by atoms with E-state index in [0.29, 0.717) is 19.5 Å². The number of hydrogen-bond donors (Lipinski definition) is 2. The maximum absolute atomic E-state index is 12.3. The lowest BCUT2D eigenvalue weighted by Gasteiger charge is -2.22. The molecule has 2 rings (SSSR count). The molecule has 1 aliphatic rings. The molecule has 0 spiro atoms. The monoisotopic (exact) mass is 304 g/mol. The molecular formula is C15H20N4O3. The fourth-order valence-electron chi connectivity index (χ4n) is 2.58. The van der Waals surface area contributed by atoms with Gasteiger partial charge in [0.1, 0.15) is 0 Å². The van der Waals surface area contributed by atoms with E-state index in [1.165, 1.54) is 4.90 Å². The average molecular weight is 304 g/mol. The van der Waals surface area contributed by atoms with Gasteiger partial charge in [-0.25, -0.2) is 0 Å². The Hall–Kier alpha value is -2.44.